The van der Waals surface area contributed by atoms with Crippen molar-refractivity contribution in [3.63, 3.8) is 0 Å². The van der Waals surface area contributed by atoms with Gasteiger partial charge in [-0.05, 0) is 24.3 Å². The molecule has 2 heteroatoms. The molecule has 2 nitrogen and oxygen atoms in total. The van der Waals surface area contributed by atoms with Crippen LogP contribution in [0.15, 0.2) is 30.3 Å². The predicted octanol–water partition coefficient (Wildman–Crippen LogP) is 2.88. The van der Waals surface area contributed by atoms with Crippen LogP contribution in [0.4, 0.5) is 0 Å². The van der Waals surface area contributed by atoms with Gasteiger partial charge in [-0.15, -0.1) is 0 Å². The predicted molar refractivity (Wildman–Crippen MR) is 69.7 cm³/mol. The zero-order chi connectivity index (χ0) is 12.3. The molecule has 17 heavy (non-hydrogen) atoms. The van der Waals surface area contributed by atoms with Crippen LogP contribution in [0.2, 0.25) is 0 Å². The van der Waals surface area contributed by atoms with Crippen molar-refractivity contribution >= 4 is 5.91 Å². The Labute approximate surface area is 104 Å². The summed E-state index contributed by atoms with van der Waals surface area (Å²) in [5.74, 6) is 0.852. The number of amides is 1. The Morgan fingerprint density at radius 2 is 2.06 bits per heavy atom. The maximum atomic E-state index is 12.3. The summed E-state index contributed by atoms with van der Waals surface area (Å²) >= 11 is 0. The highest BCUT2D eigenvalue weighted by Gasteiger charge is 2.30. The lowest BCUT2D eigenvalue weighted by Gasteiger charge is -2.27. The van der Waals surface area contributed by atoms with Crippen molar-refractivity contribution in [1.29, 1.82) is 0 Å². The molecule has 0 aromatic heterocycles. The molecule has 1 amide bonds. The first-order valence-corrected chi connectivity index (χ1v) is 6.52. The van der Waals surface area contributed by atoms with Crippen molar-refractivity contribution in [1.82, 2.24) is 4.90 Å². The molecule has 2 rings (SSSR count). The van der Waals surface area contributed by atoms with Gasteiger partial charge in [0.25, 0.3) is 0 Å². The average Bonchev–Trinajstić information content (AvgIpc) is 2.79. The first-order valence-electron chi connectivity index (χ1n) is 6.52. The molecule has 1 fully saturated rings. The number of likely N-dealkylation sites (tertiary alicyclic amines) is 1. The minimum Gasteiger partial charge on any atom is -0.339 e. The van der Waals surface area contributed by atoms with Crippen LogP contribution in [-0.2, 0) is 11.2 Å². The van der Waals surface area contributed by atoms with Gasteiger partial charge in [-0.3, -0.25) is 4.79 Å². The third-order valence-electron chi connectivity index (χ3n) is 3.59. The fraction of sp³-hybridized carbons (Fsp3) is 0.533. The summed E-state index contributed by atoms with van der Waals surface area (Å²) in [7, 11) is 0. The highest BCUT2D eigenvalue weighted by atomic mass is 16.2. The molecule has 92 valence electrons. The molecule has 1 aliphatic rings. The molecular formula is C15H21NO. The van der Waals surface area contributed by atoms with Gasteiger partial charge < -0.3 is 4.90 Å². The fourth-order valence-corrected chi connectivity index (χ4v) is 2.67. The highest BCUT2D eigenvalue weighted by Crippen LogP contribution is 2.24. The molecule has 0 spiro atoms. The Morgan fingerprint density at radius 1 is 1.35 bits per heavy atom. The average molecular weight is 231 g/mol. The van der Waals surface area contributed by atoms with E-state index in [1.807, 2.05) is 30.3 Å². The number of nitrogens with zero attached hydrogens (tertiary/aromatic N) is 1. The van der Waals surface area contributed by atoms with Crippen molar-refractivity contribution in [2.75, 3.05) is 6.54 Å². The number of carbonyl (C=O) groups excluding carboxylic acids is 1. The largest absolute Gasteiger partial charge is 0.339 e. The van der Waals surface area contributed by atoms with Gasteiger partial charge in [0.15, 0.2) is 0 Å². The van der Waals surface area contributed by atoms with Crippen LogP contribution >= 0.6 is 0 Å². The summed E-state index contributed by atoms with van der Waals surface area (Å²) in [4.78, 5) is 14.3. The summed E-state index contributed by atoms with van der Waals surface area (Å²) in [5.41, 5.74) is 1.12. The van der Waals surface area contributed by atoms with Crippen LogP contribution in [0.1, 0.15) is 32.3 Å². The summed E-state index contributed by atoms with van der Waals surface area (Å²) in [6.45, 7) is 5.35. The van der Waals surface area contributed by atoms with Crippen molar-refractivity contribution < 1.29 is 4.79 Å². The second-order valence-electron chi connectivity index (χ2n) is 5.20. The van der Waals surface area contributed by atoms with E-state index in [1.54, 1.807) is 0 Å². The van der Waals surface area contributed by atoms with E-state index in [0.29, 0.717) is 18.4 Å². The van der Waals surface area contributed by atoms with E-state index in [4.69, 9.17) is 0 Å². The van der Waals surface area contributed by atoms with E-state index in [0.717, 1.165) is 24.9 Å². The lowest BCUT2D eigenvalue weighted by molar-refractivity contribution is -0.132. The monoisotopic (exact) mass is 231 g/mol. The van der Waals surface area contributed by atoms with Gasteiger partial charge in [0.05, 0.1) is 6.42 Å². The van der Waals surface area contributed by atoms with Gasteiger partial charge in [0.1, 0.15) is 0 Å². The number of hydrogen-bond acceptors (Lipinski definition) is 1. The fourth-order valence-electron chi connectivity index (χ4n) is 2.67. The Balaban J connectivity index is 2.00. The summed E-state index contributed by atoms with van der Waals surface area (Å²) < 4.78 is 0. The van der Waals surface area contributed by atoms with E-state index in [-0.39, 0.29) is 5.91 Å². The van der Waals surface area contributed by atoms with E-state index >= 15 is 0 Å². The molecular weight excluding hydrogens is 210 g/mol. The first kappa shape index (κ1) is 12.2. The summed E-state index contributed by atoms with van der Waals surface area (Å²) in [6, 6.07) is 10.5. The zero-order valence-electron chi connectivity index (χ0n) is 10.7. The van der Waals surface area contributed by atoms with Gasteiger partial charge in [0, 0.05) is 12.6 Å². The molecule has 1 saturated heterocycles. The van der Waals surface area contributed by atoms with Gasteiger partial charge >= 0.3 is 0 Å². The van der Waals surface area contributed by atoms with Crippen molar-refractivity contribution in [3.8, 4) is 0 Å². The van der Waals surface area contributed by atoms with Crippen LogP contribution in [0.5, 0.6) is 0 Å². The van der Waals surface area contributed by atoms with E-state index in [1.165, 1.54) is 0 Å². The number of rotatable bonds is 3. The second-order valence-corrected chi connectivity index (χ2v) is 5.20. The molecule has 1 unspecified atom stereocenters. The van der Waals surface area contributed by atoms with E-state index in [2.05, 4.69) is 18.7 Å². The van der Waals surface area contributed by atoms with Crippen LogP contribution < -0.4 is 0 Å². The third kappa shape index (κ3) is 2.87. The van der Waals surface area contributed by atoms with Crippen LogP contribution in [0, 0.1) is 5.92 Å². The van der Waals surface area contributed by atoms with Crippen LogP contribution in [-0.4, -0.2) is 23.4 Å². The number of hydrogen-bond donors (Lipinski definition) is 0. The Bertz CT molecular complexity index is 372. The van der Waals surface area contributed by atoms with Crippen LogP contribution in [0.3, 0.4) is 0 Å². The Morgan fingerprint density at radius 3 is 2.71 bits per heavy atom. The maximum Gasteiger partial charge on any atom is 0.227 e. The number of carbonyl (C=O) groups is 1. The minimum atomic E-state index is 0.285. The van der Waals surface area contributed by atoms with Crippen molar-refractivity contribution in [3.05, 3.63) is 35.9 Å². The second kappa shape index (κ2) is 5.35. The van der Waals surface area contributed by atoms with Gasteiger partial charge in [0.2, 0.25) is 5.91 Å². The summed E-state index contributed by atoms with van der Waals surface area (Å²) in [6.07, 6.45) is 2.87. The Hall–Kier alpha value is -1.31. The first-order chi connectivity index (χ1) is 8.18. The molecule has 0 saturated carbocycles. The third-order valence-corrected chi connectivity index (χ3v) is 3.59. The molecule has 0 bridgehead atoms. The highest BCUT2D eigenvalue weighted by molar-refractivity contribution is 5.79. The number of benzene rings is 1. The molecule has 0 aliphatic carbocycles. The molecule has 0 radical (unpaired) electrons. The smallest absolute Gasteiger partial charge is 0.227 e. The molecule has 1 atom stereocenters. The maximum absolute atomic E-state index is 12.3. The van der Waals surface area contributed by atoms with E-state index in [9.17, 15) is 4.79 Å². The lowest BCUT2D eigenvalue weighted by atomic mass is 10.0. The molecule has 1 aliphatic heterocycles. The Kier molecular flexibility index (Phi) is 3.82. The molecule has 1 heterocycles. The summed E-state index contributed by atoms with van der Waals surface area (Å²) in [5, 5.41) is 0. The minimum absolute atomic E-state index is 0.285. The zero-order valence-corrected chi connectivity index (χ0v) is 10.7. The van der Waals surface area contributed by atoms with Gasteiger partial charge in [-0.25, -0.2) is 0 Å². The van der Waals surface area contributed by atoms with Gasteiger partial charge in [-0.1, -0.05) is 44.2 Å². The molecule has 1 aromatic carbocycles. The quantitative estimate of drug-likeness (QED) is 0.783. The molecule has 0 N–H and O–H groups in total. The van der Waals surface area contributed by atoms with E-state index < -0.39 is 0 Å². The normalized spacial score (nSPS) is 19.9. The molecule has 1 aromatic rings. The van der Waals surface area contributed by atoms with Crippen molar-refractivity contribution in [2.24, 2.45) is 5.92 Å². The SMILES string of the molecule is CC(C)C1CCCN1C(=O)Cc1ccccc1. The standard InChI is InChI=1S/C15H21NO/c1-12(2)14-9-6-10-16(14)15(17)11-13-7-4-3-5-8-13/h3-5,7-8,12,14H,6,9-11H2,1-2H3. The lowest BCUT2D eigenvalue weighted by Crippen LogP contribution is -2.39. The van der Waals surface area contributed by atoms with Crippen molar-refractivity contribution in [2.45, 2.75) is 39.2 Å². The van der Waals surface area contributed by atoms with Gasteiger partial charge in [-0.2, -0.15) is 0 Å². The van der Waals surface area contributed by atoms with Crippen LogP contribution in [0.25, 0.3) is 0 Å². The topological polar surface area (TPSA) is 20.3 Å².